The number of anilines is 2. The zero-order chi connectivity index (χ0) is 17.6. The summed E-state index contributed by atoms with van der Waals surface area (Å²) in [5.74, 6) is -0.240. The second-order valence-corrected chi connectivity index (χ2v) is 6.78. The Balaban J connectivity index is 1.52. The zero-order valence-electron chi connectivity index (χ0n) is 14.0. The lowest BCUT2D eigenvalue weighted by Gasteiger charge is -2.17. The predicted octanol–water partition coefficient (Wildman–Crippen LogP) is 3.69. The molecule has 0 unspecified atom stereocenters. The van der Waals surface area contributed by atoms with Gasteiger partial charge in [-0.1, -0.05) is 6.07 Å². The number of halogens is 1. The van der Waals surface area contributed by atoms with E-state index in [4.69, 9.17) is 0 Å². The van der Waals surface area contributed by atoms with Crippen LogP contribution in [0.1, 0.15) is 34.3 Å². The van der Waals surface area contributed by atoms with Crippen LogP contribution in [0, 0.1) is 18.7 Å². The van der Waals surface area contributed by atoms with Gasteiger partial charge in [0.2, 0.25) is 5.91 Å². The number of hydrogen-bond donors (Lipinski definition) is 1. The number of carbonyl (C=O) groups excluding carboxylic acids is 2. The van der Waals surface area contributed by atoms with Gasteiger partial charge < -0.3 is 10.2 Å². The second-order valence-electron chi connectivity index (χ2n) is 6.78. The molecule has 0 spiro atoms. The van der Waals surface area contributed by atoms with Gasteiger partial charge in [0, 0.05) is 29.4 Å². The van der Waals surface area contributed by atoms with Gasteiger partial charge in [0.25, 0.3) is 5.91 Å². The van der Waals surface area contributed by atoms with Gasteiger partial charge in [-0.25, -0.2) is 4.39 Å². The first-order chi connectivity index (χ1) is 12.0. The number of aryl methyl sites for hydroxylation is 1. The molecule has 2 amide bonds. The molecule has 0 saturated heterocycles. The minimum absolute atomic E-state index is 0.186. The first kappa shape index (κ1) is 15.8. The monoisotopic (exact) mass is 338 g/mol. The minimum atomic E-state index is -0.346. The Morgan fingerprint density at radius 1 is 1.16 bits per heavy atom. The minimum Gasteiger partial charge on any atom is -0.322 e. The molecule has 1 saturated carbocycles. The molecule has 2 aliphatic rings. The number of hydrogen-bond acceptors (Lipinski definition) is 2. The maximum absolute atomic E-state index is 13.6. The van der Waals surface area contributed by atoms with Crippen LogP contribution in [0.5, 0.6) is 0 Å². The van der Waals surface area contributed by atoms with E-state index < -0.39 is 0 Å². The molecule has 0 atom stereocenters. The second kappa shape index (κ2) is 5.99. The highest BCUT2D eigenvalue weighted by atomic mass is 19.1. The molecular formula is C20H19FN2O2. The van der Waals surface area contributed by atoms with E-state index in [1.54, 1.807) is 25.1 Å². The number of fused-ring (bicyclic) bond motifs is 1. The molecule has 2 aromatic rings. The molecule has 128 valence electrons. The number of carbonyl (C=O) groups is 2. The number of amides is 2. The van der Waals surface area contributed by atoms with E-state index in [0.717, 1.165) is 30.5 Å². The van der Waals surface area contributed by atoms with Crippen LogP contribution in [0.15, 0.2) is 36.4 Å². The topological polar surface area (TPSA) is 49.4 Å². The predicted molar refractivity (Wildman–Crippen MR) is 94.3 cm³/mol. The van der Waals surface area contributed by atoms with E-state index in [1.165, 1.54) is 6.07 Å². The Labute approximate surface area is 145 Å². The molecule has 4 rings (SSSR count). The van der Waals surface area contributed by atoms with Gasteiger partial charge in [0.15, 0.2) is 0 Å². The summed E-state index contributed by atoms with van der Waals surface area (Å²) in [7, 11) is 0. The van der Waals surface area contributed by atoms with Crippen molar-refractivity contribution in [3.8, 4) is 0 Å². The summed E-state index contributed by atoms with van der Waals surface area (Å²) in [6.07, 6.45) is 2.73. The molecule has 0 aromatic heterocycles. The summed E-state index contributed by atoms with van der Waals surface area (Å²) in [4.78, 5) is 26.6. The van der Waals surface area contributed by atoms with Crippen LogP contribution >= 0.6 is 0 Å². The average molecular weight is 338 g/mol. The third kappa shape index (κ3) is 3.02. The van der Waals surface area contributed by atoms with Crippen molar-refractivity contribution < 1.29 is 14.0 Å². The van der Waals surface area contributed by atoms with Crippen molar-refractivity contribution in [3.05, 3.63) is 58.9 Å². The maximum atomic E-state index is 13.6. The van der Waals surface area contributed by atoms with Gasteiger partial charge in [-0.2, -0.15) is 0 Å². The van der Waals surface area contributed by atoms with E-state index in [9.17, 15) is 14.0 Å². The molecule has 25 heavy (non-hydrogen) atoms. The van der Waals surface area contributed by atoms with Crippen molar-refractivity contribution in [3.63, 3.8) is 0 Å². The molecule has 0 bridgehead atoms. The lowest BCUT2D eigenvalue weighted by atomic mass is 10.1. The van der Waals surface area contributed by atoms with E-state index >= 15 is 0 Å². The van der Waals surface area contributed by atoms with Crippen molar-refractivity contribution in [1.82, 2.24) is 0 Å². The first-order valence-electron chi connectivity index (χ1n) is 8.55. The fourth-order valence-electron chi connectivity index (χ4n) is 3.20. The van der Waals surface area contributed by atoms with Crippen LogP contribution in [0.25, 0.3) is 0 Å². The molecule has 1 heterocycles. The van der Waals surface area contributed by atoms with E-state index in [1.807, 2.05) is 17.0 Å². The summed E-state index contributed by atoms with van der Waals surface area (Å²) < 4.78 is 13.6. The SMILES string of the molecule is Cc1ccc(NC(=O)c2ccc3c(c2)CCN3C(=O)C2CC2)cc1F. The van der Waals surface area contributed by atoms with Gasteiger partial charge in [-0.15, -0.1) is 0 Å². The number of benzene rings is 2. The van der Waals surface area contributed by atoms with Crippen LogP contribution in [0.2, 0.25) is 0 Å². The molecule has 4 nitrogen and oxygen atoms in total. The van der Waals surface area contributed by atoms with Gasteiger partial charge in [0.1, 0.15) is 5.82 Å². The Kier molecular flexibility index (Phi) is 3.79. The van der Waals surface area contributed by atoms with E-state index in [0.29, 0.717) is 23.4 Å². The summed E-state index contributed by atoms with van der Waals surface area (Å²) >= 11 is 0. The molecule has 1 aliphatic carbocycles. The van der Waals surface area contributed by atoms with Gasteiger partial charge >= 0.3 is 0 Å². The Hall–Kier alpha value is -2.69. The average Bonchev–Trinajstić information content (AvgIpc) is 3.36. The number of nitrogens with zero attached hydrogens (tertiary/aromatic N) is 1. The van der Waals surface area contributed by atoms with Gasteiger partial charge in [-0.05, 0) is 67.6 Å². The standard InChI is InChI=1S/C20H19FN2O2/c1-12-2-6-16(11-17(12)21)22-19(24)15-5-7-18-14(10-15)8-9-23(18)20(25)13-3-4-13/h2,5-7,10-11,13H,3-4,8-9H2,1H3,(H,22,24). The normalized spacial score (nSPS) is 15.8. The van der Waals surface area contributed by atoms with Crippen LogP contribution in [-0.4, -0.2) is 18.4 Å². The molecule has 2 aromatic carbocycles. The van der Waals surface area contributed by atoms with Crippen LogP contribution in [0.4, 0.5) is 15.8 Å². The lowest BCUT2D eigenvalue weighted by molar-refractivity contribution is -0.119. The number of nitrogens with one attached hydrogen (secondary N) is 1. The Morgan fingerprint density at radius 2 is 1.96 bits per heavy atom. The fourth-order valence-corrected chi connectivity index (χ4v) is 3.20. The van der Waals surface area contributed by atoms with Crippen molar-refractivity contribution in [2.75, 3.05) is 16.8 Å². The molecule has 0 radical (unpaired) electrons. The van der Waals surface area contributed by atoms with Gasteiger partial charge in [0.05, 0.1) is 0 Å². The van der Waals surface area contributed by atoms with E-state index in [2.05, 4.69) is 5.32 Å². The first-order valence-corrected chi connectivity index (χ1v) is 8.55. The Morgan fingerprint density at radius 3 is 2.68 bits per heavy atom. The highest BCUT2D eigenvalue weighted by Gasteiger charge is 2.36. The largest absolute Gasteiger partial charge is 0.322 e. The number of rotatable bonds is 3. The summed E-state index contributed by atoms with van der Waals surface area (Å²) in [5, 5.41) is 2.72. The summed E-state index contributed by atoms with van der Waals surface area (Å²) in [6, 6.07) is 10.0. The molecular weight excluding hydrogens is 319 g/mol. The van der Waals surface area contributed by atoms with Crippen molar-refractivity contribution >= 4 is 23.2 Å². The highest BCUT2D eigenvalue weighted by molar-refractivity contribution is 6.05. The molecule has 1 fully saturated rings. The van der Waals surface area contributed by atoms with Crippen molar-refractivity contribution in [2.45, 2.75) is 26.2 Å². The summed E-state index contributed by atoms with van der Waals surface area (Å²) in [5.41, 5.74) is 3.40. The van der Waals surface area contributed by atoms with Crippen molar-refractivity contribution in [1.29, 1.82) is 0 Å². The molecule has 5 heteroatoms. The smallest absolute Gasteiger partial charge is 0.255 e. The quantitative estimate of drug-likeness (QED) is 0.928. The van der Waals surface area contributed by atoms with Crippen molar-refractivity contribution in [2.24, 2.45) is 5.92 Å². The fraction of sp³-hybridized carbons (Fsp3) is 0.300. The maximum Gasteiger partial charge on any atom is 0.255 e. The summed E-state index contributed by atoms with van der Waals surface area (Å²) in [6.45, 7) is 2.36. The van der Waals surface area contributed by atoms with E-state index in [-0.39, 0.29) is 23.5 Å². The van der Waals surface area contributed by atoms with Gasteiger partial charge in [-0.3, -0.25) is 9.59 Å². The van der Waals surface area contributed by atoms with Crippen LogP contribution < -0.4 is 10.2 Å². The van der Waals surface area contributed by atoms with Crippen LogP contribution in [-0.2, 0) is 11.2 Å². The molecule has 1 N–H and O–H groups in total. The third-order valence-electron chi connectivity index (χ3n) is 4.86. The van der Waals surface area contributed by atoms with Crippen LogP contribution in [0.3, 0.4) is 0 Å². The zero-order valence-corrected chi connectivity index (χ0v) is 14.0. The molecule has 1 aliphatic heterocycles. The highest BCUT2D eigenvalue weighted by Crippen LogP contribution is 2.36. The Bertz CT molecular complexity index is 874. The third-order valence-corrected chi connectivity index (χ3v) is 4.86. The lowest BCUT2D eigenvalue weighted by Crippen LogP contribution is -2.30.